The van der Waals surface area contributed by atoms with Crippen molar-refractivity contribution in [3.63, 3.8) is 0 Å². The number of hydrogen-bond acceptors (Lipinski definition) is 4. The van der Waals surface area contributed by atoms with Crippen molar-refractivity contribution >= 4 is 28.1 Å². The lowest BCUT2D eigenvalue weighted by Crippen LogP contribution is -2.43. The van der Waals surface area contributed by atoms with Gasteiger partial charge in [-0.25, -0.2) is 5.43 Å². The summed E-state index contributed by atoms with van der Waals surface area (Å²) in [5, 5.41) is 15.6. The molecule has 0 heterocycles. The maximum absolute atomic E-state index is 13.2. The third-order valence-electron chi connectivity index (χ3n) is 5.31. The van der Waals surface area contributed by atoms with Gasteiger partial charge < -0.3 is 9.84 Å². The van der Waals surface area contributed by atoms with Crippen molar-refractivity contribution in [3.8, 4) is 5.75 Å². The van der Waals surface area contributed by atoms with E-state index in [9.17, 15) is 9.90 Å². The molecule has 1 amide bonds. The zero-order valence-electron chi connectivity index (χ0n) is 18.3. The highest BCUT2D eigenvalue weighted by atomic mass is 79.9. The Morgan fingerprint density at radius 1 is 0.853 bits per heavy atom. The number of amides is 1. The summed E-state index contributed by atoms with van der Waals surface area (Å²) in [5.41, 5.74) is 3.23. The lowest BCUT2D eigenvalue weighted by molar-refractivity contribution is -0.136. The molecule has 0 fully saturated rings. The predicted molar refractivity (Wildman–Crippen MR) is 137 cm³/mol. The van der Waals surface area contributed by atoms with Crippen LogP contribution in [0.2, 0.25) is 0 Å². The summed E-state index contributed by atoms with van der Waals surface area (Å²) in [6, 6.07) is 32.9. The number of aliphatic hydroxyl groups is 1. The molecule has 0 aliphatic carbocycles. The van der Waals surface area contributed by atoms with Crippen LogP contribution in [-0.2, 0) is 17.0 Å². The van der Waals surface area contributed by atoms with Crippen LogP contribution in [0.1, 0.15) is 22.3 Å². The van der Waals surface area contributed by atoms with Gasteiger partial charge in [-0.2, -0.15) is 5.10 Å². The molecule has 0 spiro atoms. The molecule has 0 aromatic heterocycles. The van der Waals surface area contributed by atoms with Crippen LogP contribution >= 0.6 is 15.9 Å². The monoisotopic (exact) mass is 514 g/mol. The van der Waals surface area contributed by atoms with Gasteiger partial charge in [-0.15, -0.1) is 0 Å². The molecule has 4 aromatic rings. The molecule has 2 N–H and O–H groups in total. The Bertz CT molecular complexity index is 1220. The molecule has 5 nitrogen and oxygen atoms in total. The smallest absolute Gasteiger partial charge is 0.281 e. The second kappa shape index (κ2) is 10.9. The zero-order valence-corrected chi connectivity index (χ0v) is 19.9. The normalized spacial score (nSPS) is 11.4. The largest absolute Gasteiger partial charge is 0.488 e. The summed E-state index contributed by atoms with van der Waals surface area (Å²) in [4.78, 5) is 13.2. The van der Waals surface area contributed by atoms with Crippen molar-refractivity contribution in [2.45, 2.75) is 12.2 Å². The first-order chi connectivity index (χ1) is 16.6. The number of carbonyl (C=O) groups excluding carboxylic acids is 1. The van der Waals surface area contributed by atoms with E-state index in [1.165, 1.54) is 6.21 Å². The highest BCUT2D eigenvalue weighted by Gasteiger charge is 2.39. The number of hydrazone groups is 1. The second-order valence-electron chi connectivity index (χ2n) is 7.59. The fourth-order valence-electron chi connectivity index (χ4n) is 3.49. The average Bonchev–Trinajstić information content (AvgIpc) is 2.89. The molecule has 0 saturated heterocycles. The van der Waals surface area contributed by atoms with Gasteiger partial charge in [0.15, 0.2) is 5.60 Å². The molecular formula is C28H23BrN2O3. The minimum atomic E-state index is -1.89. The van der Waals surface area contributed by atoms with Gasteiger partial charge in [-0.1, -0.05) is 101 Å². The van der Waals surface area contributed by atoms with Gasteiger partial charge in [0.25, 0.3) is 5.91 Å². The molecule has 170 valence electrons. The number of para-hydroxylation sites is 1. The number of rotatable bonds is 8. The third kappa shape index (κ3) is 5.42. The van der Waals surface area contributed by atoms with Crippen molar-refractivity contribution in [1.29, 1.82) is 0 Å². The maximum Gasteiger partial charge on any atom is 0.281 e. The van der Waals surface area contributed by atoms with Gasteiger partial charge in [0.1, 0.15) is 12.4 Å². The van der Waals surface area contributed by atoms with Crippen molar-refractivity contribution in [2.75, 3.05) is 0 Å². The van der Waals surface area contributed by atoms with Crippen molar-refractivity contribution in [2.24, 2.45) is 5.10 Å². The number of nitrogens with one attached hydrogen (secondary N) is 1. The van der Waals surface area contributed by atoms with E-state index in [0.717, 1.165) is 10.0 Å². The van der Waals surface area contributed by atoms with Crippen LogP contribution in [0.3, 0.4) is 0 Å². The summed E-state index contributed by atoms with van der Waals surface area (Å²) < 4.78 is 6.96. The quantitative estimate of drug-likeness (QED) is 0.244. The average molecular weight is 515 g/mol. The van der Waals surface area contributed by atoms with Crippen LogP contribution in [-0.4, -0.2) is 17.2 Å². The molecule has 0 unspecified atom stereocenters. The van der Waals surface area contributed by atoms with Crippen LogP contribution in [0.4, 0.5) is 0 Å². The number of halogens is 1. The molecular weight excluding hydrogens is 492 g/mol. The third-order valence-corrected chi connectivity index (χ3v) is 5.84. The molecule has 0 aliphatic heterocycles. The zero-order chi connectivity index (χ0) is 23.8. The Hall–Kier alpha value is -3.74. The molecule has 4 rings (SSSR count). The molecule has 0 saturated carbocycles. The van der Waals surface area contributed by atoms with Gasteiger partial charge in [0, 0.05) is 10.0 Å². The van der Waals surface area contributed by atoms with E-state index < -0.39 is 11.5 Å². The van der Waals surface area contributed by atoms with Crippen LogP contribution < -0.4 is 10.2 Å². The Morgan fingerprint density at radius 2 is 1.41 bits per heavy atom. The van der Waals surface area contributed by atoms with Gasteiger partial charge in [0.2, 0.25) is 0 Å². The van der Waals surface area contributed by atoms with E-state index >= 15 is 0 Å². The molecule has 6 heteroatoms. The molecule has 0 bridgehead atoms. The Morgan fingerprint density at radius 3 is 2.03 bits per heavy atom. The first-order valence-electron chi connectivity index (χ1n) is 10.7. The summed E-state index contributed by atoms with van der Waals surface area (Å²) >= 11 is 3.43. The highest BCUT2D eigenvalue weighted by molar-refractivity contribution is 9.10. The van der Waals surface area contributed by atoms with E-state index in [2.05, 4.69) is 26.5 Å². The van der Waals surface area contributed by atoms with Crippen molar-refractivity contribution in [1.82, 2.24) is 5.43 Å². The number of benzene rings is 4. The molecule has 4 aromatic carbocycles. The maximum atomic E-state index is 13.2. The molecule has 0 atom stereocenters. The lowest BCUT2D eigenvalue weighted by atomic mass is 9.85. The van der Waals surface area contributed by atoms with Gasteiger partial charge >= 0.3 is 0 Å². The SMILES string of the molecule is O=C(N/N=C/c1ccccc1OCc1ccc(Br)cc1)C(O)(c1ccccc1)c1ccccc1. The summed E-state index contributed by atoms with van der Waals surface area (Å²) in [5.74, 6) is -0.0285. The lowest BCUT2D eigenvalue weighted by Gasteiger charge is -2.27. The summed E-state index contributed by atoms with van der Waals surface area (Å²) in [7, 11) is 0. The van der Waals surface area contributed by atoms with Crippen LogP contribution in [0, 0.1) is 0 Å². The standard InChI is InChI=1S/C28H23BrN2O3/c29-25-17-15-21(16-18-25)20-34-26-14-8-7-9-22(26)19-30-31-27(32)28(33,23-10-3-1-4-11-23)24-12-5-2-6-13-24/h1-19,33H,20H2,(H,31,32)/b30-19+. The minimum absolute atomic E-state index is 0.395. The first-order valence-corrected chi connectivity index (χ1v) is 11.5. The van der Waals surface area contributed by atoms with E-state index in [4.69, 9.17) is 4.74 Å². The number of ether oxygens (including phenoxy) is 1. The number of carbonyl (C=O) groups is 1. The van der Waals surface area contributed by atoms with E-state index in [1.807, 2.05) is 60.7 Å². The predicted octanol–water partition coefficient (Wildman–Crippen LogP) is 5.41. The van der Waals surface area contributed by atoms with Gasteiger partial charge in [0.05, 0.1) is 6.21 Å². The Balaban J connectivity index is 1.51. The Labute approximate surface area is 206 Å². The topological polar surface area (TPSA) is 70.9 Å². The van der Waals surface area contributed by atoms with E-state index in [1.54, 1.807) is 48.5 Å². The van der Waals surface area contributed by atoms with Crippen molar-refractivity contribution < 1.29 is 14.6 Å². The summed E-state index contributed by atoms with van der Waals surface area (Å²) in [6.07, 6.45) is 1.51. The van der Waals surface area contributed by atoms with Crippen LogP contribution in [0.25, 0.3) is 0 Å². The highest BCUT2D eigenvalue weighted by Crippen LogP contribution is 2.30. The second-order valence-corrected chi connectivity index (χ2v) is 8.51. The fourth-order valence-corrected chi connectivity index (χ4v) is 3.75. The van der Waals surface area contributed by atoms with Gasteiger partial charge in [-0.3, -0.25) is 4.79 Å². The summed E-state index contributed by atoms with van der Waals surface area (Å²) in [6.45, 7) is 0.395. The fraction of sp³-hybridized carbons (Fsp3) is 0.0714. The Kier molecular flexibility index (Phi) is 7.52. The van der Waals surface area contributed by atoms with Crippen LogP contribution in [0.5, 0.6) is 5.75 Å². The van der Waals surface area contributed by atoms with E-state index in [0.29, 0.717) is 29.0 Å². The van der Waals surface area contributed by atoms with Crippen LogP contribution in [0.15, 0.2) is 119 Å². The molecule has 0 aliphatic rings. The molecule has 0 radical (unpaired) electrons. The molecule has 34 heavy (non-hydrogen) atoms. The number of nitrogens with zero attached hydrogens (tertiary/aromatic N) is 1. The number of hydrogen-bond donors (Lipinski definition) is 2. The minimum Gasteiger partial charge on any atom is -0.488 e. The van der Waals surface area contributed by atoms with E-state index in [-0.39, 0.29) is 0 Å². The first kappa shape index (κ1) is 23.4. The van der Waals surface area contributed by atoms with Crippen molar-refractivity contribution in [3.05, 3.63) is 136 Å². The van der Waals surface area contributed by atoms with Gasteiger partial charge in [-0.05, 0) is 41.0 Å².